The minimum atomic E-state index is -3.90. The standard InChI is InChI=1S/C11H13Cl2NO4S/c1-6-4-18-5-9(6)14-19(16,17)10-3-7(12)2-8(13)11(10)15/h2-3,6,9,14-15H,4-5H2,1H3. The van der Waals surface area contributed by atoms with Crippen molar-refractivity contribution in [2.75, 3.05) is 13.2 Å². The number of aromatic hydroxyl groups is 1. The lowest BCUT2D eigenvalue weighted by molar-refractivity contribution is 0.185. The topological polar surface area (TPSA) is 75.6 Å². The van der Waals surface area contributed by atoms with Crippen molar-refractivity contribution in [1.82, 2.24) is 4.72 Å². The summed E-state index contributed by atoms with van der Waals surface area (Å²) in [5.74, 6) is -0.447. The third-order valence-corrected chi connectivity index (χ3v) is 4.96. The first-order chi connectivity index (χ1) is 8.81. The molecule has 2 unspecified atom stereocenters. The molecule has 19 heavy (non-hydrogen) atoms. The van der Waals surface area contributed by atoms with Crippen molar-refractivity contribution in [2.45, 2.75) is 17.9 Å². The van der Waals surface area contributed by atoms with Crippen molar-refractivity contribution >= 4 is 33.2 Å². The van der Waals surface area contributed by atoms with Crippen LogP contribution < -0.4 is 4.72 Å². The van der Waals surface area contributed by atoms with Gasteiger partial charge in [0.15, 0.2) is 5.75 Å². The number of rotatable bonds is 3. The lowest BCUT2D eigenvalue weighted by Crippen LogP contribution is -2.38. The maximum Gasteiger partial charge on any atom is 0.244 e. The summed E-state index contributed by atoms with van der Waals surface area (Å²) in [6, 6.07) is 2.10. The Morgan fingerprint density at radius 1 is 1.37 bits per heavy atom. The monoisotopic (exact) mass is 325 g/mol. The van der Waals surface area contributed by atoms with Gasteiger partial charge in [0.25, 0.3) is 0 Å². The van der Waals surface area contributed by atoms with Crippen molar-refractivity contribution < 1.29 is 18.3 Å². The van der Waals surface area contributed by atoms with E-state index in [-0.39, 0.29) is 26.9 Å². The first-order valence-electron chi connectivity index (χ1n) is 5.59. The molecular formula is C11H13Cl2NO4S. The first-order valence-corrected chi connectivity index (χ1v) is 7.83. The second kappa shape index (κ2) is 5.46. The minimum absolute atomic E-state index is 0.0616. The highest BCUT2D eigenvalue weighted by Crippen LogP contribution is 2.34. The second-order valence-electron chi connectivity index (χ2n) is 4.48. The average Bonchev–Trinajstić information content (AvgIpc) is 2.69. The van der Waals surface area contributed by atoms with E-state index in [1.807, 2.05) is 6.92 Å². The van der Waals surface area contributed by atoms with Gasteiger partial charge in [0.1, 0.15) is 4.90 Å². The molecule has 2 rings (SSSR count). The van der Waals surface area contributed by atoms with Gasteiger partial charge in [-0.2, -0.15) is 0 Å². The van der Waals surface area contributed by atoms with Gasteiger partial charge < -0.3 is 9.84 Å². The van der Waals surface area contributed by atoms with Crippen molar-refractivity contribution in [3.8, 4) is 5.75 Å². The lowest BCUT2D eigenvalue weighted by Gasteiger charge is -2.16. The predicted octanol–water partition coefficient (Wildman–Crippen LogP) is 2.01. The van der Waals surface area contributed by atoms with Crippen LogP contribution in [0.25, 0.3) is 0 Å². The third-order valence-electron chi connectivity index (χ3n) is 2.95. The smallest absolute Gasteiger partial charge is 0.244 e. The van der Waals surface area contributed by atoms with Crippen LogP contribution in [0.3, 0.4) is 0 Å². The molecule has 0 spiro atoms. The van der Waals surface area contributed by atoms with E-state index >= 15 is 0 Å². The number of halogens is 2. The molecule has 8 heteroatoms. The zero-order valence-electron chi connectivity index (χ0n) is 10.1. The van der Waals surface area contributed by atoms with E-state index in [0.717, 1.165) is 6.07 Å². The van der Waals surface area contributed by atoms with Crippen LogP contribution >= 0.6 is 23.2 Å². The molecule has 0 bridgehead atoms. The SMILES string of the molecule is CC1COCC1NS(=O)(=O)c1cc(Cl)cc(Cl)c1O. The van der Waals surface area contributed by atoms with E-state index in [0.29, 0.717) is 13.2 Å². The summed E-state index contributed by atoms with van der Waals surface area (Å²) < 4.78 is 32.1. The fraction of sp³-hybridized carbons (Fsp3) is 0.455. The van der Waals surface area contributed by atoms with Crippen LogP contribution in [0.4, 0.5) is 0 Å². The second-order valence-corrected chi connectivity index (χ2v) is 7.00. The molecule has 0 saturated carbocycles. The highest BCUT2D eigenvalue weighted by Gasteiger charge is 2.31. The van der Waals surface area contributed by atoms with Gasteiger partial charge in [-0.25, -0.2) is 13.1 Å². The molecule has 1 fully saturated rings. The average molecular weight is 326 g/mol. The Morgan fingerprint density at radius 2 is 2.05 bits per heavy atom. The van der Waals surface area contributed by atoms with Crippen LogP contribution in [0.15, 0.2) is 17.0 Å². The molecule has 0 amide bonds. The van der Waals surface area contributed by atoms with Crippen LogP contribution in [-0.2, 0) is 14.8 Å². The molecule has 0 radical (unpaired) electrons. The van der Waals surface area contributed by atoms with Crippen molar-refractivity contribution in [1.29, 1.82) is 0 Å². The maximum absolute atomic E-state index is 12.2. The van der Waals surface area contributed by atoms with E-state index in [9.17, 15) is 13.5 Å². The highest BCUT2D eigenvalue weighted by molar-refractivity contribution is 7.89. The van der Waals surface area contributed by atoms with Crippen LogP contribution in [-0.4, -0.2) is 32.8 Å². The Hall–Kier alpha value is -0.530. The Morgan fingerprint density at radius 3 is 2.63 bits per heavy atom. The normalized spacial score (nSPS) is 23.7. The molecule has 1 aliphatic rings. The van der Waals surface area contributed by atoms with Gasteiger partial charge in [0, 0.05) is 5.02 Å². The van der Waals surface area contributed by atoms with Crippen LogP contribution in [0, 0.1) is 5.92 Å². The molecule has 106 valence electrons. The summed E-state index contributed by atoms with van der Waals surface area (Å²) in [6.07, 6.45) is 0. The van der Waals surface area contributed by atoms with Crippen LogP contribution in [0.1, 0.15) is 6.92 Å². The van der Waals surface area contributed by atoms with Crippen molar-refractivity contribution in [2.24, 2.45) is 5.92 Å². The molecule has 2 N–H and O–H groups in total. The summed E-state index contributed by atoms with van der Waals surface area (Å²) >= 11 is 11.5. The quantitative estimate of drug-likeness (QED) is 0.891. The van der Waals surface area contributed by atoms with Crippen molar-refractivity contribution in [3.05, 3.63) is 22.2 Å². The summed E-state index contributed by atoms with van der Waals surface area (Å²) in [4.78, 5) is -0.330. The zero-order valence-corrected chi connectivity index (χ0v) is 12.4. The Kier molecular flexibility index (Phi) is 4.27. The highest BCUT2D eigenvalue weighted by atomic mass is 35.5. The van der Waals surface area contributed by atoms with Crippen molar-refractivity contribution in [3.63, 3.8) is 0 Å². The first kappa shape index (κ1) is 14.9. The van der Waals surface area contributed by atoms with Gasteiger partial charge in [-0.15, -0.1) is 0 Å². The molecule has 2 atom stereocenters. The molecule has 1 aliphatic heterocycles. The predicted molar refractivity (Wildman–Crippen MR) is 72.2 cm³/mol. The zero-order chi connectivity index (χ0) is 14.2. The van der Waals surface area contributed by atoms with E-state index < -0.39 is 15.8 Å². The number of sulfonamides is 1. The maximum atomic E-state index is 12.2. The number of ether oxygens (including phenoxy) is 1. The van der Waals surface area contributed by atoms with Gasteiger partial charge >= 0.3 is 0 Å². The Labute approximate surface area is 121 Å². The van der Waals surface area contributed by atoms with E-state index in [1.54, 1.807) is 0 Å². The fourth-order valence-corrected chi connectivity index (χ4v) is 3.91. The third kappa shape index (κ3) is 3.14. The van der Waals surface area contributed by atoms with Gasteiger partial charge in [-0.3, -0.25) is 0 Å². The van der Waals surface area contributed by atoms with E-state index in [2.05, 4.69) is 4.72 Å². The number of phenols is 1. The number of benzene rings is 1. The summed E-state index contributed by atoms with van der Waals surface area (Å²) in [5.41, 5.74) is 0. The molecule has 0 aliphatic carbocycles. The van der Waals surface area contributed by atoms with Gasteiger partial charge in [-0.05, 0) is 18.1 Å². The van der Waals surface area contributed by atoms with Gasteiger partial charge in [0.2, 0.25) is 10.0 Å². The molecule has 1 aromatic carbocycles. The summed E-state index contributed by atoms with van der Waals surface area (Å²) in [5, 5.41) is 9.79. The van der Waals surface area contributed by atoms with Gasteiger partial charge in [0.05, 0.1) is 24.3 Å². The number of hydrogen-bond donors (Lipinski definition) is 2. The Bertz CT molecular complexity index is 591. The molecular weight excluding hydrogens is 313 g/mol. The molecule has 1 saturated heterocycles. The minimum Gasteiger partial charge on any atom is -0.505 e. The van der Waals surface area contributed by atoms with Crippen LogP contribution in [0.2, 0.25) is 10.0 Å². The summed E-state index contributed by atoms with van der Waals surface area (Å²) in [6.45, 7) is 2.68. The number of hydrogen-bond acceptors (Lipinski definition) is 4. The summed E-state index contributed by atoms with van der Waals surface area (Å²) in [7, 11) is -3.90. The molecule has 1 aromatic rings. The fourth-order valence-electron chi connectivity index (χ4n) is 1.82. The Balaban J connectivity index is 2.34. The molecule has 1 heterocycles. The van der Waals surface area contributed by atoms with Gasteiger partial charge in [-0.1, -0.05) is 30.1 Å². The lowest BCUT2D eigenvalue weighted by atomic mass is 10.1. The number of nitrogens with one attached hydrogen (secondary N) is 1. The van der Waals surface area contributed by atoms with Crippen LogP contribution in [0.5, 0.6) is 5.75 Å². The van der Waals surface area contributed by atoms with E-state index in [1.165, 1.54) is 6.07 Å². The largest absolute Gasteiger partial charge is 0.505 e. The number of phenolic OH excluding ortho intramolecular Hbond substituents is 1. The molecule has 5 nitrogen and oxygen atoms in total. The van der Waals surface area contributed by atoms with E-state index in [4.69, 9.17) is 27.9 Å². The molecule has 0 aromatic heterocycles.